The van der Waals surface area contributed by atoms with Crippen LogP contribution in [0.1, 0.15) is 30.4 Å². The van der Waals surface area contributed by atoms with Crippen molar-refractivity contribution in [3.63, 3.8) is 0 Å². The molecule has 0 bridgehead atoms. The number of nitrogens with one attached hydrogen (secondary N) is 1. The minimum absolute atomic E-state index is 0.757. The van der Waals surface area contributed by atoms with Gasteiger partial charge in [-0.25, -0.2) is 0 Å². The molecule has 1 aromatic carbocycles. The molecule has 3 heteroatoms. The Morgan fingerprint density at radius 2 is 2.16 bits per heavy atom. The average molecular weight is 262 g/mol. The lowest BCUT2D eigenvalue weighted by Crippen LogP contribution is -2.23. The Morgan fingerprint density at radius 1 is 1.37 bits per heavy atom. The number of hydrogen-bond acceptors (Lipinski definition) is 3. The largest absolute Gasteiger partial charge is 0.385 e. The molecule has 1 N–H and O–H groups in total. The first-order valence-corrected chi connectivity index (χ1v) is 7.23. The number of anilines is 1. The number of methoxy groups -OCH3 is 1. The molecule has 0 radical (unpaired) electrons. The molecule has 0 aromatic heterocycles. The second-order valence-electron chi connectivity index (χ2n) is 5.56. The summed E-state index contributed by atoms with van der Waals surface area (Å²) in [7, 11) is 3.93. The fraction of sp³-hybridized carbons (Fsp3) is 0.625. The molecule has 0 amide bonds. The summed E-state index contributed by atoms with van der Waals surface area (Å²) < 4.78 is 5.13. The molecule has 19 heavy (non-hydrogen) atoms. The molecule has 0 aliphatic heterocycles. The number of rotatable bonds is 8. The lowest BCUT2D eigenvalue weighted by atomic mass is 10.1. The first-order valence-electron chi connectivity index (χ1n) is 7.23. The highest BCUT2D eigenvalue weighted by Crippen LogP contribution is 2.24. The third-order valence-corrected chi connectivity index (χ3v) is 3.65. The molecule has 0 heterocycles. The molecule has 3 nitrogen and oxygen atoms in total. The third kappa shape index (κ3) is 4.51. The third-order valence-electron chi connectivity index (χ3n) is 3.65. The predicted molar refractivity (Wildman–Crippen MR) is 80.8 cm³/mol. The van der Waals surface area contributed by atoms with Crippen molar-refractivity contribution >= 4 is 5.69 Å². The first kappa shape index (κ1) is 14.4. The van der Waals surface area contributed by atoms with E-state index in [-0.39, 0.29) is 0 Å². The van der Waals surface area contributed by atoms with Gasteiger partial charge in [0.15, 0.2) is 0 Å². The summed E-state index contributed by atoms with van der Waals surface area (Å²) in [5.41, 5.74) is 4.09. The van der Waals surface area contributed by atoms with Crippen LogP contribution in [0.3, 0.4) is 0 Å². The van der Waals surface area contributed by atoms with Gasteiger partial charge in [-0.2, -0.15) is 0 Å². The van der Waals surface area contributed by atoms with Gasteiger partial charge in [-0.3, -0.25) is 0 Å². The summed E-state index contributed by atoms with van der Waals surface area (Å²) in [6.07, 6.45) is 3.74. The van der Waals surface area contributed by atoms with Gasteiger partial charge in [0.2, 0.25) is 0 Å². The molecule has 1 aliphatic carbocycles. The fourth-order valence-corrected chi connectivity index (χ4v) is 2.34. The Labute approximate surface area is 116 Å². The predicted octanol–water partition coefficient (Wildman–Crippen LogP) is 2.72. The molecule has 1 fully saturated rings. The van der Waals surface area contributed by atoms with E-state index in [0.717, 1.165) is 32.2 Å². The number of aryl methyl sites for hydroxylation is 1. The van der Waals surface area contributed by atoms with Gasteiger partial charge in [-0.1, -0.05) is 17.7 Å². The topological polar surface area (TPSA) is 24.5 Å². The maximum absolute atomic E-state index is 5.13. The Balaban J connectivity index is 1.99. The van der Waals surface area contributed by atoms with Crippen LogP contribution in [0.4, 0.5) is 5.69 Å². The normalized spacial score (nSPS) is 14.7. The maximum atomic E-state index is 5.13. The molecule has 2 rings (SSSR count). The molecule has 0 atom stereocenters. The van der Waals surface area contributed by atoms with E-state index in [0.29, 0.717) is 0 Å². The van der Waals surface area contributed by atoms with Gasteiger partial charge in [-0.15, -0.1) is 0 Å². The Bertz CT molecular complexity index is 402. The molecule has 106 valence electrons. The van der Waals surface area contributed by atoms with Crippen molar-refractivity contribution in [2.45, 2.75) is 38.8 Å². The highest BCUT2D eigenvalue weighted by Gasteiger charge is 2.20. The van der Waals surface area contributed by atoms with Crippen LogP contribution < -0.4 is 10.2 Å². The smallest absolute Gasteiger partial charge is 0.0479 e. The van der Waals surface area contributed by atoms with E-state index in [2.05, 4.69) is 42.4 Å². The second kappa shape index (κ2) is 6.92. The summed E-state index contributed by atoms with van der Waals surface area (Å²) in [6.45, 7) is 5.00. The van der Waals surface area contributed by atoms with E-state index in [1.54, 1.807) is 7.11 Å². The second-order valence-corrected chi connectivity index (χ2v) is 5.56. The molecular formula is C16H26N2O. The lowest BCUT2D eigenvalue weighted by molar-refractivity contribution is 0.196. The van der Waals surface area contributed by atoms with Crippen molar-refractivity contribution in [2.75, 3.05) is 32.2 Å². The van der Waals surface area contributed by atoms with Crippen molar-refractivity contribution in [1.82, 2.24) is 5.32 Å². The molecule has 1 aliphatic rings. The molecule has 1 saturated carbocycles. The quantitative estimate of drug-likeness (QED) is 0.729. The van der Waals surface area contributed by atoms with E-state index in [4.69, 9.17) is 4.74 Å². The number of nitrogens with zero attached hydrogens (tertiary/aromatic N) is 1. The monoisotopic (exact) mass is 262 g/mol. The van der Waals surface area contributed by atoms with Crippen molar-refractivity contribution in [1.29, 1.82) is 0 Å². The summed E-state index contributed by atoms with van der Waals surface area (Å²) in [5.74, 6) is 0. The zero-order chi connectivity index (χ0) is 13.7. The van der Waals surface area contributed by atoms with Crippen LogP contribution in [0.2, 0.25) is 0 Å². The van der Waals surface area contributed by atoms with Crippen molar-refractivity contribution in [2.24, 2.45) is 0 Å². The zero-order valence-corrected chi connectivity index (χ0v) is 12.4. The van der Waals surface area contributed by atoms with Gasteiger partial charge < -0.3 is 15.0 Å². The summed E-state index contributed by atoms with van der Waals surface area (Å²) >= 11 is 0. The fourth-order valence-electron chi connectivity index (χ4n) is 2.34. The molecule has 0 unspecified atom stereocenters. The Hall–Kier alpha value is -1.06. The Kier molecular flexibility index (Phi) is 5.23. The molecule has 1 aromatic rings. The average Bonchev–Trinajstić information content (AvgIpc) is 3.20. The van der Waals surface area contributed by atoms with Crippen LogP contribution in [-0.2, 0) is 11.3 Å². The highest BCUT2D eigenvalue weighted by molar-refractivity contribution is 5.54. The van der Waals surface area contributed by atoms with E-state index < -0.39 is 0 Å². The van der Waals surface area contributed by atoms with Gasteiger partial charge >= 0.3 is 0 Å². The zero-order valence-electron chi connectivity index (χ0n) is 12.4. The van der Waals surface area contributed by atoms with Crippen molar-refractivity contribution in [3.05, 3.63) is 29.3 Å². The SMILES string of the molecule is COCCCN(C)c1ccc(C)cc1CNC1CC1. The number of hydrogen-bond donors (Lipinski definition) is 1. The van der Waals surface area contributed by atoms with Crippen LogP contribution in [0.15, 0.2) is 18.2 Å². The van der Waals surface area contributed by atoms with Gasteiger partial charge in [0.25, 0.3) is 0 Å². The van der Waals surface area contributed by atoms with Crippen LogP contribution >= 0.6 is 0 Å². The van der Waals surface area contributed by atoms with Crippen molar-refractivity contribution in [3.8, 4) is 0 Å². The van der Waals surface area contributed by atoms with Crippen molar-refractivity contribution < 1.29 is 4.74 Å². The van der Waals surface area contributed by atoms with Crippen LogP contribution in [0, 0.1) is 6.92 Å². The Morgan fingerprint density at radius 3 is 2.84 bits per heavy atom. The minimum Gasteiger partial charge on any atom is -0.385 e. The molecule has 0 spiro atoms. The van der Waals surface area contributed by atoms with Gasteiger partial charge in [0.05, 0.1) is 0 Å². The van der Waals surface area contributed by atoms with E-state index in [9.17, 15) is 0 Å². The van der Waals surface area contributed by atoms with E-state index in [1.807, 2.05) is 0 Å². The highest BCUT2D eigenvalue weighted by atomic mass is 16.5. The van der Waals surface area contributed by atoms with Crippen LogP contribution in [0.5, 0.6) is 0 Å². The minimum atomic E-state index is 0.757. The van der Waals surface area contributed by atoms with Crippen LogP contribution in [0.25, 0.3) is 0 Å². The lowest BCUT2D eigenvalue weighted by Gasteiger charge is -2.23. The van der Waals surface area contributed by atoms with Crippen LogP contribution in [-0.4, -0.2) is 33.4 Å². The van der Waals surface area contributed by atoms with E-state index in [1.165, 1.54) is 29.7 Å². The summed E-state index contributed by atoms with van der Waals surface area (Å²) in [6, 6.07) is 7.50. The van der Waals surface area contributed by atoms with Gasteiger partial charge in [0, 0.05) is 45.6 Å². The first-order chi connectivity index (χ1) is 9.20. The maximum Gasteiger partial charge on any atom is 0.0479 e. The molecular weight excluding hydrogens is 236 g/mol. The van der Waals surface area contributed by atoms with E-state index >= 15 is 0 Å². The number of ether oxygens (including phenoxy) is 1. The van der Waals surface area contributed by atoms with Gasteiger partial charge in [-0.05, 0) is 37.8 Å². The van der Waals surface area contributed by atoms with Gasteiger partial charge in [0.1, 0.15) is 0 Å². The summed E-state index contributed by atoms with van der Waals surface area (Å²) in [4.78, 5) is 2.34. The molecule has 0 saturated heterocycles. The number of benzene rings is 1. The summed E-state index contributed by atoms with van der Waals surface area (Å²) in [5, 5.41) is 3.61. The standard InChI is InChI=1S/C16H26N2O/c1-13-5-8-16(18(2)9-4-10-19-3)14(11-13)12-17-15-6-7-15/h5,8,11,15,17H,4,6-7,9-10,12H2,1-3H3.